The Morgan fingerprint density at radius 3 is 2.56 bits per heavy atom. The number of carbonyl (C=O) groups excluding carboxylic acids is 1. The minimum Gasteiger partial charge on any atom is -0.481 e. The minimum absolute atomic E-state index is 0.0688. The van der Waals surface area contributed by atoms with Crippen LogP contribution in [0.25, 0.3) is 0 Å². The van der Waals surface area contributed by atoms with E-state index < -0.39 is 5.82 Å². The van der Waals surface area contributed by atoms with Crippen LogP contribution in [-0.4, -0.2) is 48.5 Å². The molecule has 3 rings (SSSR count). The fraction of sp³-hybridized carbons (Fsp3) is 0.350. The number of nitrogens with zero attached hydrogens (tertiary/aromatic N) is 2. The number of amides is 1. The standard InChI is InChI=1S/C20H21BrF2N2O2/c21-16-4-7-19(18(23)12-16)27-14-20(26)25-9-1-8-24(10-11-25)13-15-2-5-17(22)6-3-15/h2-7,12H,1,8-11,13-14H2. The van der Waals surface area contributed by atoms with Gasteiger partial charge in [0.05, 0.1) is 0 Å². The monoisotopic (exact) mass is 438 g/mol. The van der Waals surface area contributed by atoms with Gasteiger partial charge in [0.1, 0.15) is 5.82 Å². The highest BCUT2D eigenvalue weighted by molar-refractivity contribution is 9.10. The molecule has 0 bridgehead atoms. The van der Waals surface area contributed by atoms with Crippen molar-refractivity contribution >= 4 is 21.8 Å². The van der Waals surface area contributed by atoms with E-state index in [9.17, 15) is 13.6 Å². The molecule has 1 fully saturated rings. The summed E-state index contributed by atoms with van der Waals surface area (Å²) >= 11 is 3.19. The van der Waals surface area contributed by atoms with Crippen LogP contribution < -0.4 is 4.74 Å². The van der Waals surface area contributed by atoms with Gasteiger partial charge >= 0.3 is 0 Å². The van der Waals surface area contributed by atoms with E-state index in [4.69, 9.17) is 4.74 Å². The first kappa shape index (κ1) is 19.8. The molecule has 0 saturated carbocycles. The second-order valence-electron chi connectivity index (χ2n) is 6.50. The van der Waals surface area contributed by atoms with Crippen molar-refractivity contribution in [2.45, 2.75) is 13.0 Å². The fourth-order valence-electron chi connectivity index (χ4n) is 3.05. The summed E-state index contributed by atoms with van der Waals surface area (Å²) in [6.07, 6.45) is 0.847. The molecule has 0 atom stereocenters. The molecule has 1 amide bonds. The summed E-state index contributed by atoms with van der Waals surface area (Å²) in [5, 5.41) is 0. The normalized spacial score (nSPS) is 15.4. The van der Waals surface area contributed by atoms with Gasteiger partial charge in [-0.1, -0.05) is 28.1 Å². The Labute approximate surface area is 165 Å². The van der Waals surface area contributed by atoms with E-state index in [0.29, 0.717) is 17.6 Å². The maximum Gasteiger partial charge on any atom is 0.260 e. The van der Waals surface area contributed by atoms with Gasteiger partial charge in [-0.25, -0.2) is 8.78 Å². The molecular formula is C20H21BrF2N2O2. The average Bonchev–Trinajstić information content (AvgIpc) is 2.88. The molecule has 2 aromatic rings. The first-order valence-corrected chi connectivity index (χ1v) is 9.63. The molecule has 1 saturated heterocycles. The fourth-order valence-corrected chi connectivity index (χ4v) is 3.38. The van der Waals surface area contributed by atoms with Crippen molar-refractivity contribution in [1.82, 2.24) is 9.80 Å². The molecule has 27 heavy (non-hydrogen) atoms. The maximum atomic E-state index is 13.8. The van der Waals surface area contributed by atoms with E-state index >= 15 is 0 Å². The van der Waals surface area contributed by atoms with E-state index in [1.54, 1.807) is 23.1 Å². The van der Waals surface area contributed by atoms with E-state index in [1.165, 1.54) is 24.3 Å². The van der Waals surface area contributed by atoms with Gasteiger partial charge in [-0.2, -0.15) is 0 Å². The Kier molecular flexibility index (Phi) is 6.79. The second kappa shape index (κ2) is 9.28. The van der Waals surface area contributed by atoms with Gasteiger partial charge in [0.15, 0.2) is 18.2 Å². The Balaban J connectivity index is 1.49. The molecule has 144 valence electrons. The van der Waals surface area contributed by atoms with Crippen molar-refractivity contribution < 1.29 is 18.3 Å². The lowest BCUT2D eigenvalue weighted by Crippen LogP contribution is -2.38. The highest BCUT2D eigenvalue weighted by Gasteiger charge is 2.20. The molecule has 0 aliphatic carbocycles. The first-order chi connectivity index (χ1) is 13.0. The zero-order valence-corrected chi connectivity index (χ0v) is 16.4. The van der Waals surface area contributed by atoms with Gasteiger partial charge in [-0.05, 0) is 42.3 Å². The number of hydrogen-bond acceptors (Lipinski definition) is 3. The highest BCUT2D eigenvalue weighted by atomic mass is 79.9. The van der Waals surface area contributed by atoms with Gasteiger partial charge in [0, 0.05) is 37.2 Å². The number of ether oxygens (including phenoxy) is 1. The second-order valence-corrected chi connectivity index (χ2v) is 7.42. The molecule has 1 heterocycles. The molecule has 4 nitrogen and oxygen atoms in total. The van der Waals surface area contributed by atoms with Crippen LogP contribution >= 0.6 is 15.9 Å². The largest absolute Gasteiger partial charge is 0.481 e. The summed E-state index contributed by atoms with van der Waals surface area (Å²) < 4.78 is 32.8. The zero-order valence-electron chi connectivity index (χ0n) is 14.8. The summed E-state index contributed by atoms with van der Waals surface area (Å²) in [7, 11) is 0. The Bertz CT molecular complexity index is 786. The van der Waals surface area contributed by atoms with Crippen LogP contribution in [0.1, 0.15) is 12.0 Å². The number of carbonyl (C=O) groups is 1. The SMILES string of the molecule is O=C(COc1ccc(Br)cc1F)N1CCCN(Cc2ccc(F)cc2)CC1. The first-order valence-electron chi connectivity index (χ1n) is 8.84. The van der Waals surface area contributed by atoms with Crippen LogP contribution in [0.5, 0.6) is 5.75 Å². The molecule has 0 radical (unpaired) electrons. The van der Waals surface area contributed by atoms with Gasteiger partial charge in [-0.15, -0.1) is 0 Å². The number of benzene rings is 2. The van der Waals surface area contributed by atoms with Crippen LogP contribution in [0.4, 0.5) is 8.78 Å². The lowest BCUT2D eigenvalue weighted by molar-refractivity contribution is -0.133. The molecule has 0 aromatic heterocycles. The van der Waals surface area contributed by atoms with E-state index in [1.807, 2.05) is 0 Å². The average molecular weight is 439 g/mol. The van der Waals surface area contributed by atoms with E-state index in [2.05, 4.69) is 20.8 Å². The van der Waals surface area contributed by atoms with Crippen LogP contribution in [0.3, 0.4) is 0 Å². The third kappa shape index (κ3) is 5.74. The van der Waals surface area contributed by atoms with Crippen molar-refractivity contribution in [1.29, 1.82) is 0 Å². The number of halogens is 3. The number of hydrogen-bond donors (Lipinski definition) is 0. The van der Waals surface area contributed by atoms with Gasteiger partial charge < -0.3 is 9.64 Å². The molecular weight excluding hydrogens is 418 g/mol. The predicted molar refractivity (Wildman–Crippen MR) is 102 cm³/mol. The molecule has 0 N–H and O–H groups in total. The van der Waals surface area contributed by atoms with Crippen LogP contribution in [0, 0.1) is 11.6 Å². The molecule has 0 spiro atoms. The lowest BCUT2D eigenvalue weighted by Gasteiger charge is -2.22. The highest BCUT2D eigenvalue weighted by Crippen LogP contribution is 2.21. The maximum absolute atomic E-state index is 13.8. The summed E-state index contributed by atoms with van der Waals surface area (Å²) in [6.45, 7) is 3.37. The summed E-state index contributed by atoms with van der Waals surface area (Å²) in [5.41, 5.74) is 1.05. The molecule has 1 aliphatic rings. The third-order valence-corrected chi connectivity index (χ3v) is 5.00. The van der Waals surface area contributed by atoms with E-state index in [0.717, 1.165) is 31.6 Å². The molecule has 2 aromatic carbocycles. The molecule has 1 aliphatic heterocycles. The predicted octanol–water partition coefficient (Wildman–Crippen LogP) is 3.84. The molecule has 0 unspecified atom stereocenters. The lowest BCUT2D eigenvalue weighted by atomic mass is 10.2. The minimum atomic E-state index is -0.501. The Morgan fingerprint density at radius 2 is 1.81 bits per heavy atom. The number of rotatable bonds is 5. The summed E-state index contributed by atoms with van der Waals surface area (Å²) in [5.74, 6) is -0.827. The topological polar surface area (TPSA) is 32.8 Å². The van der Waals surface area contributed by atoms with Crippen molar-refractivity contribution in [3.8, 4) is 5.75 Å². The smallest absolute Gasteiger partial charge is 0.260 e. The Morgan fingerprint density at radius 1 is 1.04 bits per heavy atom. The quantitative estimate of drug-likeness (QED) is 0.710. The van der Waals surface area contributed by atoms with Crippen molar-refractivity contribution in [2.24, 2.45) is 0 Å². The third-order valence-electron chi connectivity index (χ3n) is 4.51. The van der Waals surface area contributed by atoms with Crippen LogP contribution in [0.2, 0.25) is 0 Å². The van der Waals surface area contributed by atoms with Gasteiger partial charge in [0.25, 0.3) is 5.91 Å². The van der Waals surface area contributed by atoms with Crippen LogP contribution in [-0.2, 0) is 11.3 Å². The molecule has 7 heteroatoms. The van der Waals surface area contributed by atoms with Gasteiger partial charge in [-0.3, -0.25) is 9.69 Å². The van der Waals surface area contributed by atoms with Crippen molar-refractivity contribution in [3.05, 3.63) is 64.1 Å². The van der Waals surface area contributed by atoms with Crippen molar-refractivity contribution in [2.75, 3.05) is 32.8 Å². The Hall–Kier alpha value is -1.99. The van der Waals surface area contributed by atoms with E-state index in [-0.39, 0.29) is 24.1 Å². The van der Waals surface area contributed by atoms with Gasteiger partial charge in [0.2, 0.25) is 0 Å². The summed E-state index contributed by atoms with van der Waals surface area (Å²) in [6, 6.07) is 11.0. The zero-order chi connectivity index (χ0) is 19.2. The van der Waals surface area contributed by atoms with Crippen molar-refractivity contribution in [3.63, 3.8) is 0 Å². The summed E-state index contributed by atoms with van der Waals surface area (Å²) in [4.78, 5) is 16.4. The van der Waals surface area contributed by atoms with Crippen LogP contribution in [0.15, 0.2) is 46.9 Å².